The molecule has 2 aromatic carbocycles. The molecule has 0 radical (unpaired) electrons. The van der Waals surface area contributed by atoms with Gasteiger partial charge in [0.15, 0.2) is 17.3 Å². The second-order valence-electron chi connectivity index (χ2n) is 8.28. The summed E-state index contributed by atoms with van der Waals surface area (Å²) in [6.45, 7) is 3.44. The van der Waals surface area contributed by atoms with Gasteiger partial charge in [0.2, 0.25) is 0 Å². The van der Waals surface area contributed by atoms with Gasteiger partial charge in [-0.05, 0) is 44.2 Å². The van der Waals surface area contributed by atoms with Crippen LogP contribution in [0.4, 0.5) is 4.39 Å². The van der Waals surface area contributed by atoms with E-state index in [1.165, 1.54) is 7.11 Å². The first-order chi connectivity index (χ1) is 14.9. The highest BCUT2D eigenvalue weighted by Gasteiger charge is 2.45. The van der Waals surface area contributed by atoms with Gasteiger partial charge in [-0.15, -0.1) is 0 Å². The fourth-order valence-corrected chi connectivity index (χ4v) is 4.30. The van der Waals surface area contributed by atoms with Crippen LogP contribution in [0.1, 0.15) is 41.3 Å². The molecule has 2 aromatic rings. The lowest BCUT2D eigenvalue weighted by Crippen LogP contribution is -2.43. The second-order valence-corrected chi connectivity index (χ2v) is 8.28. The second kappa shape index (κ2) is 7.18. The molecule has 3 aliphatic rings. The first-order valence-corrected chi connectivity index (χ1v) is 10.2. The molecular weight excluding hydrogens is 403 g/mol. The van der Waals surface area contributed by atoms with E-state index in [1.54, 1.807) is 18.2 Å². The van der Waals surface area contributed by atoms with Crippen molar-refractivity contribution in [2.24, 2.45) is 0 Å². The summed E-state index contributed by atoms with van der Waals surface area (Å²) in [5.41, 5.74) is 1.52. The van der Waals surface area contributed by atoms with Gasteiger partial charge in [-0.2, -0.15) is 0 Å². The van der Waals surface area contributed by atoms with Crippen LogP contribution >= 0.6 is 0 Å². The molecule has 0 aromatic heterocycles. The molecule has 7 heteroatoms. The maximum Gasteiger partial charge on any atom is 0.178 e. The summed E-state index contributed by atoms with van der Waals surface area (Å²) in [6.07, 6.45) is 3.41. The van der Waals surface area contributed by atoms with Gasteiger partial charge in [0.05, 0.1) is 24.2 Å². The van der Waals surface area contributed by atoms with E-state index >= 15 is 0 Å². The number of hydrogen-bond acceptors (Lipinski definition) is 6. The maximum absolute atomic E-state index is 13.6. The average molecular weight is 426 g/mol. The molecule has 0 unspecified atom stereocenters. The molecule has 0 N–H and O–H groups in total. The molecule has 0 aliphatic carbocycles. The largest absolute Gasteiger partial charge is 0.493 e. The molecule has 0 amide bonds. The highest BCUT2D eigenvalue weighted by molar-refractivity contribution is 6.06. The number of benzene rings is 2. The van der Waals surface area contributed by atoms with Crippen LogP contribution in [0.5, 0.6) is 28.7 Å². The Morgan fingerprint density at radius 3 is 2.81 bits per heavy atom. The highest BCUT2D eigenvalue weighted by Crippen LogP contribution is 2.49. The number of rotatable bonds is 4. The summed E-state index contributed by atoms with van der Waals surface area (Å²) in [5.74, 6) is 1.93. The molecule has 2 atom stereocenters. The zero-order chi connectivity index (χ0) is 21.8. The van der Waals surface area contributed by atoms with Crippen molar-refractivity contribution in [1.82, 2.24) is 0 Å². The number of carbonyl (C=O) groups is 1. The molecule has 0 bridgehead atoms. The molecule has 162 valence electrons. The third kappa shape index (κ3) is 3.19. The monoisotopic (exact) mass is 426 g/mol. The molecule has 0 fully saturated rings. The molecule has 5 rings (SSSR count). The lowest BCUT2D eigenvalue weighted by atomic mass is 9.81. The predicted octanol–water partition coefficient (Wildman–Crippen LogP) is 4.35. The first-order valence-electron chi connectivity index (χ1n) is 10.2. The van der Waals surface area contributed by atoms with Crippen molar-refractivity contribution in [2.45, 2.75) is 31.5 Å². The lowest BCUT2D eigenvalue weighted by Gasteiger charge is -2.38. The van der Waals surface area contributed by atoms with E-state index < -0.39 is 24.3 Å². The number of ether oxygens (including phenoxy) is 5. The quantitative estimate of drug-likeness (QED) is 0.725. The van der Waals surface area contributed by atoms with E-state index in [4.69, 9.17) is 23.7 Å². The Labute approximate surface area is 179 Å². The van der Waals surface area contributed by atoms with Crippen LogP contribution in [0.2, 0.25) is 0 Å². The summed E-state index contributed by atoms with van der Waals surface area (Å²) >= 11 is 0. The minimum absolute atomic E-state index is 0.0451. The Hall–Kier alpha value is -3.22. The third-order valence-electron chi connectivity index (χ3n) is 5.74. The number of Topliss-reactive ketones (excluding diaryl/α,β-unsaturated/α-hetero) is 1. The number of halogens is 1. The lowest BCUT2D eigenvalue weighted by molar-refractivity contribution is 0.0552. The van der Waals surface area contributed by atoms with Crippen LogP contribution in [0.3, 0.4) is 0 Å². The summed E-state index contributed by atoms with van der Waals surface area (Å²) in [4.78, 5) is 13.6. The van der Waals surface area contributed by atoms with Gasteiger partial charge in [0.25, 0.3) is 0 Å². The van der Waals surface area contributed by atoms with Gasteiger partial charge in [-0.1, -0.05) is 0 Å². The first kappa shape index (κ1) is 19.7. The third-order valence-corrected chi connectivity index (χ3v) is 5.74. The Morgan fingerprint density at radius 1 is 1.19 bits per heavy atom. The van der Waals surface area contributed by atoms with Gasteiger partial charge in [0.1, 0.15) is 48.8 Å². The highest BCUT2D eigenvalue weighted by atomic mass is 19.1. The Morgan fingerprint density at radius 2 is 2.03 bits per heavy atom. The Balaban J connectivity index is 1.56. The van der Waals surface area contributed by atoms with Crippen LogP contribution in [-0.2, 0) is 0 Å². The maximum atomic E-state index is 13.6. The minimum Gasteiger partial charge on any atom is -0.493 e. The smallest absolute Gasteiger partial charge is 0.178 e. The topological polar surface area (TPSA) is 63.2 Å². The van der Waals surface area contributed by atoms with Crippen LogP contribution in [0.15, 0.2) is 30.3 Å². The van der Waals surface area contributed by atoms with Gasteiger partial charge in [-0.25, -0.2) is 4.39 Å². The number of fused-ring (bicyclic) bond motifs is 6. The van der Waals surface area contributed by atoms with E-state index in [-0.39, 0.29) is 19.0 Å². The normalized spacial score (nSPS) is 22.0. The number of carbonyl (C=O) groups excluding carboxylic acids is 1. The van der Waals surface area contributed by atoms with E-state index in [9.17, 15) is 9.18 Å². The average Bonchev–Trinajstić information content (AvgIpc) is 2.75. The standard InChI is InChI=1S/C24H23FO6/c1-24(2)7-6-13-16(31-24)5-4-14-22(26)21-15-10-18(27-3)19(28-9-8-25)11-17(15)29-12-20(21)30-23(13)14/h4-7,10-11,20-21H,8-9,12H2,1-3H3/t20-,21+/m1/s1. The van der Waals surface area contributed by atoms with Crippen LogP contribution in [0, 0.1) is 0 Å². The summed E-state index contributed by atoms with van der Waals surface area (Å²) in [6, 6.07) is 6.94. The summed E-state index contributed by atoms with van der Waals surface area (Å²) in [5, 5.41) is 0. The number of methoxy groups -OCH3 is 1. The minimum atomic E-state index is -0.616. The molecule has 0 saturated carbocycles. The van der Waals surface area contributed by atoms with Crippen molar-refractivity contribution in [3.05, 3.63) is 47.0 Å². The zero-order valence-corrected chi connectivity index (χ0v) is 17.6. The van der Waals surface area contributed by atoms with Crippen molar-refractivity contribution < 1.29 is 32.9 Å². The predicted molar refractivity (Wildman–Crippen MR) is 112 cm³/mol. The van der Waals surface area contributed by atoms with Gasteiger partial charge in [-0.3, -0.25) is 4.79 Å². The van der Waals surface area contributed by atoms with Crippen molar-refractivity contribution in [2.75, 3.05) is 27.0 Å². The Bertz CT molecular complexity index is 1090. The van der Waals surface area contributed by atoms with Crippen LogP contribution < -0.4 is 23.7 Å². The van der Waals surface area contributed by atoms with Crippen LogP contribution in [0.25, 0.3) is 6.08 Å². The van der Waals surface area contributed by atoms with E-state index in [1.807, 2.05) is 32.1 Å². The molecule has 3 heterocycles. The molecule has 3 aliphatic heterocycles. The zero-order valence-electron chi connectivity index (χ0n) is 17.6. The van der Waals surface area contributed by atoms with Crippen molar-refractivity contribution in [3.8, 4) is 28.7 Å². The summed E-state index contributed by atoms with van der Waals surface area (Å²) < 4.78 is 41.6. The van der Waals surface area contributed by atoms with E-state index in [0.29, 0.717) is 39.9 Å². The number of alkyl halides is 1. The van der Waals surface area contributed by atoms with Crippen molar-refractivity contribution >= 4 is 11.9 Å². The molecule has 6 nitrogen and oxygen atoms in total. The van der Waals surface area contributed by atoms with Crippen molar-refractivity contribution in [3.63, 3.8) is 0 Å². The fraction of sp³-hybridized carbons (Fsp3) is 0.375. The van der Waals surface area contributed by atoms with Gasteiger partial charge in [0, 0.05) is 11.6 Å². The van der Waals surface area contributed by atoms with Gasteiger partial charge < -0.3 is 23.7 Å². The van der Waals surface area contributed by atoms with Gasteiger partial charge >= 0.3 is 0 Å². The van der Waals surface area contributed by atoms with E-state index in [0.717, 1.165) is 5.56 Å². The molecular formula is C24H23FO6. The number of ketones is 1. The van der Waals surface area contributed by atoms with Crippen molar-refractivity contribution in [1.29, 1.82) is 0 Å². The molecule has 0 saturated heterocycles. The SMILES string of the molecule is COc1cc2c(cc1OCCF)OC[C@H]1Oc3c(ccc4c3C=CC(C)(C)O4)C(=O)[C@@H]21. The molecule has 31 heavy (non-hydrogen) atoms. The van der Waals surface area contributed by atoms with E-state index in [2.05, 4.69) is 0 Å². The fourth-order valence-electron chi connectivity index (χ4n) is 4.30. The van der Waals surface area contributed by atoms with Crippen LogP contribution in [-0.4, -0.2) is 44.5 Å². The summed E-state index contributed by atoms with van der Waals surface area (Å²) in [7, 11) is 1.50. The molecule has 0 spiro atoms. The number of hydrogen-bond donors (Lipinski definition) is 0. The Kier molecular flexibility index (Phi) is 4.57.